The fraction of sp³-hybridized carbons (Fsp3) is 0.250. The van der Waals surface area contributed by atoms with Gasteiger partial charge in [-0.3, -0.25) is 4.57 Å². The standard InChI is InChI=1S/C12H11BrClN3/c13-8-1-4-10(14)11(7-8)17-6-5-15-12(17)16-9-2-3-9/h1,4-7,9H,2-3H2,(H,15,16). The third kappa shape index (κ3) is 2.33. The first-order valence-electron chi connectivity index (χ1n) is 5.49. The number of imidazole rings is 1. The Labute approximate surface area is 113 Å². The topological polar surface area (TPSA) is 29.9 Å². The lowest BCUT2D eigenvalue weighted by Crippen LogP contribution is -2.07. The van der Waals surface area contributed by atoms with Crippen LogP contribution in [0.15, 0.2) is 35.1 Å². The van der Waals surface area contributed by atoms with Gasteiger partial charge in [0.15, 0.2) is 0 Å². The Morgan fingerprint density at radius 3 is 3.00 bits per heavy atom. The van der Waals surface area contributed by atoms with Crippen LogP contribution in [0.2, 0.25) is 5.02 Å². The molecule has 0 aliphatic heterocycles. The molecule has 0 atom stereocenters. The number of hydrogen-bond acceptors (Lipinski definition) is 2. The number of hydrogen-bond donors (Lipinski definition) is 1. The minimum Gasteiger partial charge on any atom is -0.353 e. The first kappa shape index (κ1) is 11.1. The molecule has 3 nitrogen and oxygen atoms in total. The molecule has 3 rings (SSSR count). The fourth-order valence-electron chi connectivity index (χ4n) is 1.69. The van der Waals surface area contributed by atoms with Gasteiger partial charge < -0.3 is 5.32 Å². The van der Waals surface area contributed by atoms with Gasteiger partial charge in [0.05, 0.1) is 10.7 Å². The smallest absolute Gasteiger partial charge is 0.207 e. The van der Waals surface area contributed by atoms with E-state index >= 15 is 0 Å². The van der Waals surface area contributed by atoms with E-state index in [1.165, 1.54) is 12.8 Å². The van der Waals surface area contributed by atoms with E-state index in [1.54, 1.807) is 6.20 Å². The minimum atomic E-state index is 0.571. The molecule has 1 heterocycles. The van der Waals surface area contributed by atoms with E-state index in [2.05, 4.69) is 26.2 Å². The maximum Gasteiger partial charge on any atom is 0.207 e. The highest BCUT2D eigenvalue weighted by molar-refractivity contribution is 9.10. The Morgan fingerprint density at radius 2 is 2.24 bits per heavy atom. The lowest BCUT2D eigenvalue weighted by molar-refractivity contribution is 1.00. The molecule has 0 spiro atoms. The highest BCUT2D eigenvalue weighted by atomic mass is 79.9. The number of aromatic nitrogens is 2. The van der Waals surface area contributed by atoms with Crippen LogP contribution in [-0.2, 0) is 0 Å². The summed E-state index contributed by atoms with van der Waals surface area (Å²) < 4.78 is 2.98. The highest BCUT2D eigenvalue weighted by Crippen LogP contribution is 2.29. The molecule has 0 radical (unpaired) electrons. The molecule has 88 valence electrons. The van der Waals surface area contributed by atoms with Crippen molar-refractivity contribution in [1.82, 2.24) is 9.55 Å². The SMILES string of the molecule is Clc1ccc(Br)cc1-n1ccnc1NC1CC1. The summed E-state index contributed by atoms with van der Waals surface area (Å²) in [6.07, 6.45) is 6.14. The molecule has 1 fully saturated rings. The Bertz CT molecular complexity index is 548. The van der Waals surface area contributed by atoms with E-state index < -0.39 is 0 Å². The van der Waals surface area contributed by atoms with Crippen LogP contribution in [0.25, 0.3) is 5.69 Å². The van der Waals surface area contributed by atoms with Crippen molar-refractivity contribution in [2.75, 3.05) is 5.32 Å². The van der Waals surface area contributed by atoms with Gasteiger partial charge in [0.2, 0.25) is 5.95 Å². The quantitative estimate of drug-likeness (QED) is 0.932. The van der Waals surface area contributed by atoms with Crippen LogP contribution < -0.4 is 5.32 Å². The summed E-state index contributed by atoms with van der Waals surface area (Å²) in [6, 6.07) is 6.36. The summed E-state index contributed by atoms with van der Waals surface area (Å²) in [5, 5.41) is 4.10. The van der Waals surface area contributed by atoms with E-state index in [9.17, 15) is 0 Å². The van der Waals surface area contributed by atoms with Crippen molar-refractivity contribution < 1.29 is 0 Å². The molecule has 0 saturated heterocycles. The van der Waals surface area contributed by atoms with Gasteiger partial charge in [0.1, 0.15) is 0 Å². The van der Waals surface area contributed by atoms with Gasteiger partial charge in [-0.1, -0.05) is 27.5 Å². The molecule has 1 aliphatic rings. The van der Waals surface area contributed by atoms with Crippen LogP contribution >= 0.6 is 27.5 Å². The second kappa shape index (κ2) is 4.35. The van der Waals surface area contributed by atoms with Gasteiger partial charge in [0.25, 0.3) is 0 Å². The molecule has 5 heteroatoms. The van der Waals surface area contributed by atoms with E-state index in [0.717, 1.165) is 16.1 Å². The summed E-state index contributed by atoms with van der Waals surface area (Å²) in [4.78, 5) is 4.32. The first-order chi connectivity index (χ1) is 8.24. The minimum absolute atomic E-state index is 0.571. The van der Waals surface area contributed by atoms with Gasteiger partial charge in [0, 0.05) is 22.9 Å². The Balaban J connectivity index is 2.01. The molecule has 17 heavy (non-hydrogen) atoms. The van der Waals surface area contributed by atoms with Crippen molar-refractivity contribution >= 4 is 33.5 Å². The summed E-state index contributed by atoms with van der Waals surface area (Å²) in [7, 11) is 0. The molecule has 1 saturated carbocycles. The molecule has 0 bridgehead atoms. The highest BCUT2D eigenvalue weighted by Gasteiger charge is 2.23. The molecule has 2 aromatic rings. The molecule has 1 aromatic carbocycles. The van der Waals surface area contributed by atoms with Crippen LogP contribution in [-0.4, -0.2) is 15.6 Å². The molecule has 1 N–H and O–H groups in total. The number of nitrogens with one attached hydrogen (secondary N) is 1. The van der Waals surface area contributed by atoms with Crippen LogP contribution in [0.1, 0.15) is 12.8 Å². The summed E-state index contributed by atoms with van der Waals surface area (Å²) in [5.41, 5.74) is 0.932. The van der Waals surface area contributed by atoms with Crippen molar-refractivity contribution in [1.29, 1.82) is 0 Å². The largest absolute Gasteiger partial charge is 0.353 e. The molecular formula is C12H11BrClN3. The average Bonchev–Trinajstić information content (AvgIpc) is 3.00. The van der Waals surface area contributed by atoms with E-state index in [4.69, 9.17) is 11.6 Å². The normalized spacial score (nSPS) is 14.9. The maximum absolute atomic E-state index is 6.21. The zero-order chi connectivity index (χ0) is 11.8. The van der Waals surface area contributed by atoms with Gasteiger partial charge in [-0.15, -0.1) is 0 Å². The van der Waals surface area contributed by atoms with Crippen LogP contribution in [0.4, 0.5) is 5.95 Å². The zero-order valence-electron chi connectivity index (χ0n) is 9.03. The lowest BCUT2D eigenvalue weighted by atomic mass is 10.3. The summed E-state index contributed by atoms with van der Waals surface area (Å²) >= 11 is 9.67. The summed E-state index contributed by atoms with van der Waals surface area (Å²) in [5.74, 6) is 0.854. The predicted octanol–water partition coefficient (Wildman–Crippen LogP) is 3.86. The van der Waals surface area contributed by atoms with Crippen molar-refractivity contribution in [3.63, 3.8) is 0 Å². The number of anilines is 1. The van der Waals surface area contributed by atoms with Crippen molar-refractivity contribution in [2.45, 2.75) is 18.9 Å². The fourth-order valence-corrected chi connectivity index (χ4v) is 2.24. The monoisotopic (exact) mass is 311 g/mol. The third-order valence-corrected chi connectivity index (χ3v) is 3.53. The van der Waals surface area contributed by atoms with Crippen LogP contribution in [0, 0.1) is 0 Å². The molecule has 1 aromatic heterocycles. The number of halogens is 2. The predicted molar refractivity (Wildman–Crippen MR) is 72.9 cm³/mol. The van der Waals surface area contributed by atoms with E-state index in [-0.39, 0.29) is 0 Å². The van der Waals surface area contributed by atoms with Gasteiger partial charge in [-0.05, 0) is 31.0 Å². The zero-order valence-corrected chi connectivity index (χ0v) is 11.4. The average molecular weight is 313 g/mol. The van der Waals surface area contributed by atoms with Gasteiger partial charge >= 0.3 is 0 Å². The number of nitrogens with zero attached hydrogens (tertiary/aromatic N) is 2. The maximum atomic E-state index is 6.21. The Hall–Kier alpha value is -1.00. The second-order valence-electron chi connectivity index (χ2n) is 4.14. The first-order valence-corrected chi connectivity index (χ1v) is 6.66. The van der Waals surface area contributed by atoms with Crippen LogP contribution in [0.3, 0.4) is 0 Å². The third-order valence-electron chi connectivity index (χ3n) is 2.72. The van der Waals surface area contributed by atoms with E-state index in [0.29, 0.717) is 11.1 Å². The van der Waals surface area contributed by atoms with Crippen molar-refractivity contribution in [2.24, 2.45) is 0 Å². The molecular weight excluding hydrogens is 302 g/mol. The van der Waals surface area contributed by atoms with Gasteiger partial charge in [-0.25, -0.2) is 4.98 Å². The molecule has 0 unspecified atom stereocenters. The Morgan fingerprint density at radius 1 is 1.41 bits per heavy atom. The van der Waals surface area contributed by atoms with Crippen LogP contribution in [0.5, 0.6) is 0 Å². The molecule has 0 amide bonds. The van der Waals surface area contributed by atoms with E-state index in [1.807, 2.05) is 29.0 Å². The van der Waals surface area contributed by atoms with Crippen molar-refractivity contribution in [3.8, 4) is 5.69 Å². The van der Waals surface area contributed by atoms with Gasteiger partial charge in [-0.2, -0.15) is 0 Å². The second-order valence-corrected chi connectivity index (χ2v) is 5.46. The molecule has 1 aliphatic carbocycles. The lowest BCUT2D eigenvalue weighted by Gasteiger charge is -2.11. The Kier molecular flexibility index (Phi) is 2.84. The van der Waals surface area contributed by atoms with Crippen molar-refractivity contribution in [3.05, 3.63) is 40.1 Å². The summed E-state index contributed by atoms with van der Waals surface area (Å²) in [6.45, 7) is 0. The number of rotatable bonds is 3. The number of benzene rings is 1.